The lowest BCUT2D eigenvalue weighted by molar-refractivity contribution is 0.0233. The predicted octanol–water partition coefficient (Wildman–Crippen LogP) is 3.43. The van der Waals surface area contributed by atoms with Gasteiger partial charge in [0.05, 0.1) is 6.10 Å². The van der Waals surface area contributed by atoms with E-state index in [1.807, 2.05) is 7.11 Å². The molecule has 0 spiro atoms. The maximum absolute atomic E-state index is 5.82. The Morgan fingerprint density at radius 3 is 2.88 bits per heavy atom. The molecule has 3 heteroatoms. The quantitative estimate of drug-likeness (QED) is 0.702. The van der Waals surface area contributed by atoms with E-state index >= 15 is 0 Å². The predicted molar refractivity (Wildman–Crippen MR) is 72.7 cm³/mol. The van der Waals surface area contributed by atoms with Gasteiger partial charge in [0.15, 0.2) is 0 Å². The number of nitrogens with zero attached hydrogens (tertiary/aromatic N) is 1. The van der Waals surface area contributed by atoms with Gasteiger partial charge in [0, 0.05) is 25.1 Å². The summed E-state index contributed by atoms with van der Waals surface area (Å²) in [5, 5.41) is 0. The van der Waals surface area contributed by atoms with Crippen LogP contribution >= 0.6 is 11.6 Å². The number of hydrogen-bond donors (Lipinski definition) is 0. The summed E-state index contributed by atoms with van der Waals surface area (Å²) in [6, 6.07) is 1.57. The molecular formula is C14H26ClNO. The van der Waals surface area contributed by atoms with Crippen molar-refractivity contribution in [1.82, 2.24) is 4.90 Å². The highest BCUT2D eigenvalue weighted by Crippen LogP contribution is 2.31. The lowest BCUT2D eigenvalue weighted by Crippen LogP contribution is -2.43. The van der Waals surface area contributed by atoms with E-state index in [-0.39, 0.29) is 0 Å². The van der Waals surface area contributed by atoms with E-state index in [1.54, 1.807) is 0 Å². The Bertz CT molecular complexity index is 224. The zero-order chi connectivity index (χ0) is 12.1. The molecule has 3 atom stereocenters. The van der Waals surface area contributed by atoms with Gasteiger partial charge in [0.2, 0.25) is 0 Å². The molecule has 100 valence electrons. The first-order valence-corrected chi connectivity index (χ1v) is 7.73. The van der Waals surface area contributed by atoms with Crippen LogP contribution in [0.15, 0.2) is 0 Å². The first-order valence-electron chi connectivity index (χ1n) is 7.19. The third-order valence-electron chi connectivity index (χ3n) is 4.49. The number of methoxy groups -OCH3 is 1. The average molecular weight is 260 g/mol. The number of hydrogen-bond acceptors (Lipinski definition) is 2. The van der Waals surface area contributed by atoms with Gasteiger partial charge in [-0.25, -0.2) is 0 Å². The SMILES string of the molecule is COC1CCCC(N2CCCC2CCCCl)C1. The highest BCUT2D eigenvalue weighted by Gasteiger charge is 2.33. The Hall–Kier alpha value is 0.210. The summed E-state index contributed by atoms with van der Waals surface area (Å²) in [4.78, 5) is 2.76. The molecule has 1 aliphatic carbocycles. The highest BCUT2D eigenvalue weighted by molar-refractivity contribution is 6.17. The minimum atomic E-state index is 0.503. The molecule has 0 bridgehead atoms. The van der Waals surface area contributed by atoms with Crippen LogP contribution in [0, 0.1) is 0 Å². The number of likely N-dealkylation sites (tertiary alicyclic amines) is 1. The van der Waals surface area contributed by atoms with Gasteiger partial charge in [-0.2, -0.15) is 0 Å². The van der Waals surface area contributed by atoms with E-state index in [4.69, 9.17) is 16.3 Å². The summed E-state index contributed by atoms with van der Waals surface area (Å²) in [5.41, 5.74) is 0. The molecule has 2 fully saturated rings. The Morgan fingerprint density at radius 2 is 2.12 bits per heavy atom. The van der Waals surface area contributed by atoms with E-state index < -0.39 is 0 Å². The molecule has 3 unspecified atom stereocenters. The second kappa shape index (κ2) is 6.96. The summed E-state index contributed by atoms with van der Waals surface area (Å²) in [5.74, 6) is 0.815. The van der Waals surface area contributed by atoms with Crippen LogP contribution in [0.3, 0.4) is 0 Å². The van der Waals surface area contributed by atoms with Crippen LogP contribution in [-0.2, 0) is 4.74 Å². The molecule has 2 rings (SSSR count). The van der Waals surface area contributed by atoms with Crippen LogP contribution in [0.25, 0.3) is 0 Å². The van der Waals surface area contributed by atoms with Gasteiger partial charge < -0.3 is 4.74 Å². The van der Waals surface area contributed by atoms with E-state index in [0.29, 0.717) is 6.10 Å². The second-order valence-corrected chi connectivity index (χ2v) is 5.92. The molecule has 0 N–H and O–H groups in total. The van der Waals surface area contributed by atoms with Crippen molar-refractivity contribution < 1.29 is 4.74 Å². The van der Waals surface area contributed by atoms with Crippen LogP contribution in [0.2, 0.25) is 0 Å². The maximum Gasteiger partial charge on any atom is 0.0586 e. The van der Waals surface area contributed by atoms with Gasteiger partial charge in [0.25, 0.3) is 0 Å². The van der Waals surface area contributed by atoms with E-state index in [2.05, 4.69) is 4.90 Å². The van der Waals surface area contributed by atoms with Gasteiger partial charge in [-0.1, -0.05) is 0 Å². The van der Waals surface area contributed by atoms with Gasteiger partial charge in [-0.05, 0) is 57.9 Å². The second-order valence-electron chi connectivity index (χ2n) is 5.54. The van der Waals surface area contributed by atoms with Crippen molar-refractivity contribution in [3.05, 3.63) is 0 Å². The van der Waals surface area contributed by atoms with Crippen molar-refractivity contribution >= 4 is 11.6 Å². The maximum atomic E-state index is 5.82. The summed E-state index contributed by atoms with van der Waals surface area (Å²) >= 11 is 5.82. The lowest BCUT2D eigenvalue weighted by Gasteiger charge is -2.38. The molecule has 2 aliphatic rings. The minimum Gasteiger partial charge on any atom is -0.381 e. The zero-order valence-electron chi connectivity index (χ0n) is 11.0. The zero-order valence-corrected chi connectivity index (χ0v) is 11.8. The molecule has 1 heterocycles. The fourth-order valence-electron chi connectivity index (χ4n) is 3.60. The molecule has 1 saturated carbocycles. The monoisotopic (exact) mass is 259 g/mol. The van der Waals surface area contributed by atoms with E-state index in [1.165, 1.54) is 57.9 Å². The van der Waals surface area contributed by atoms with Crippen molar-refractivity contribution in [1.29, 1.82) is 0 Å². The third kappa shape index (κ3) is 3.59. The van der Waals surface area contributed by atoms with Crippen LogP contribution in [0.5, 0.6) is 0 Å². The van der Waals surface area contributed by atoms with Gasteiger partial charge >= 0.3 is 0 Å². The number of ether oxygens (including phenoxy) is 1. The molecule has 17 heavy (non-hydrogen) atoms. The summed E-state index contributed by atoms with van der Waals surface area (Å²) in [6.07, 6.45) is 10.9. The summed E-state index contributed by atoms with van der Waals surface area (Å²) < 4.78 is 5.55. The van der Waals surface area contributed by atoms with Crippen molar-refractivity contribution in [2.75, 3.05) is 19.5 Å². The smallest absolute Gasteiger partial charge is 0.0586 e. The normalized spacial score (nSPS) is 35.3. The minimum absolute atomic E-state index is 0.503. The van der Waals surface area contributed by atoms with Gasteiger partial charge in [0.1, 0.15) is 0 Å². The van der Waals surface area contributed by atoms with Gasteiger partial charge in [-0.3, -0.25) is 4.90 Å². The molecule has 0 amide bonds. The largest absolute Gasteiger partial charge is 0.381 e. The first kappa shape index (κ1) is 13.6. The lowest BCUT2D eigenvalue weighted by atomic mass is 9.91. The molecule has 0 aromatic carbocycles. The van der Waals surface area contributed by atoms with Crippen molar-refractivity contribution in [3.8, 4) is 0 Å². The molecule has 0 aromatic rings. The van der Waals surface area contributed by atoms with E-state index in [0.717, 1.165) is 18.0 Å². The standard InChI is InChI=1S/C14H26ClNO/c1-17-14-8-2-5-13(11-14)16-10-4-7-12(16)6-3-9-15/h12-14H,2-11H2,1H3. The molecule has 0 radical (unpaired) electrons. The Balaban J connectivity index is 1.86. The van der Waals surface area contributed by atoms with Gasteiger partial charge in [-0.15, -0.1) is 11.6 Å². The van der Waals surface area contributed by atoms with Crippen LogP contribution < -0.4 is 0 Å². The number of rotatable bonds is 5. The molecule has 1 saturated heterocycles. The molecule has 0 aromatic heterocycles. The Kier molecular flexibility index (Phi) is 5.58. The fraction of sp³-hybridized carbons (Fsp3) is 1.00. The molecule has 1 aliphatic heterocycles. The average Bonchev–Trinajstić information content (AvgIpc) is 2.84. The fourth-order valence-corrected chi connectivity index (χ4v) is 3.75. The Morgan fingerprint density at radius 1 is 1.24 bits per heavy atom. The number of halogens is 1. The molecular weight excluding hydrogens is 234 g/mol. The summed E-state index contributed by atoms with van der Waals surface area (Å²) in [6.45, 7) is 1.30. The summed E-state index contributed by atoms with van der Waals surface area (Å²) in [7, 11) is 1.86. The van der Waals surface area contributed by atoms with Crippen LogP contribution in [0.4, 0.5) is 0 Å². The topological polar surface area (TPSA) is 12.5 Å². The highest BCUT2D eigenvalue weighted by atomic mass is 35.5. The van der Waals surface area contributed by atoms with Crippen LogP contribution in [0.1, 0.15) is 51.4 Å². The molecule has 2 nitrogen and oxygen atoms in total. The van der Waals surface area contributed by atoms with Crippen molar-refractivity contribution in [3.63, 3.8) is 0 Å². The third-order valence-corrected chi connectivity index (χ3v) is 4.76. The number of alkyl halides is 1. The van der Waals surface area contributed by atoms with Crippen molar-refractivity contribution in [2.24, 2.45) is 0 Å². The Labute approximate surface area is 111 Å². The van der Waals surface area contributed by atoms with Crippen molar-refractivity contribution in [2.45, 2.75) is 69.6 Å². The van der Waals surface area contributed by atoms with Crippen LogP contribution in [-0.4, -0.2) is 42.6 Å². The first-order chi connectivity index (χ1) is 8.35. The van der Waals surface area contributed by atoms with E-state index in [9.17, 15) is 0 Å².